The van der Waals surface area contributed by atoms with E-state index in [1.807, 2.05) is 0 Å². The highest BCUT2D eigenvalue weighted by Gasteiger charge is 2.28. The van der Waals surface area contributed by atoms with Crippen LogP contribution in [0.5, 0.6) is 0 Å². The molecule has 0 saturated carbocycles. The van der Waals surface area contributed by atoms with Crippen LogP contribution in [-0.4, -0.2) is 25.0 Å². The smallest absolute Gasteiger partial charge is 0.263 e. The van der Waals surface area contributed by atoms with Gasteiger partial charge in [0.05, 0.1) is 0 Å². The molecule has 11 heavy (non-hydrogen) atoms. The second kappa shape index (κ2) is 4.11. The maximum absolute atomic E-state index is 10.8. The Kier molecular flexibility index (Phi) is 4.10. The lowest BCUT2D eigenvalue weighted by molar-refractivity contribution is 0.253. The molecule has 0 aromatic rings. The monoisotopic (exact) mass is 201 g/mol. The summed E-state index contributed by atoms with van der Waals surface area (Å²) in [5.74, 6) is -0.954. The van der Waals surface area contributed by atoms with Crippen LogP contribution in [0.2, 0.25) is 0 Å². The van der Waals surface area contributed by atoms with E-state index in [1.165, 1.54) is 6.92 Å². The van der Waals surface area contributed by atoms with Crippen LogP contribution < -0.4 is 0 Å². The van der Waals surface area contributed by atoms with Crippen LogP contribution in [0, 0.1) is 0 Å². The molecular weight excluding hydrogens is 191 g/mol. The number of rotatable bonds is 4. The molecule has 0 aliphatic rings. The van der Waals surface area contributed by atoms with Crippen molar-refractivity contribution in [3.63, 3.8) is 0 Å². The van der Waals surface area contributed by atoms with Gasteiger partial charge in [-0.3, -0.25) is 4.55 Å². The van der Waals surface area contributed by atoms with Gasteiger partial charge in [0.2, 0.25) is 0 Å². The SMILES string of the molecule is CC[P+](=O)C(C)OS(=O)(=O)O. The van der Waals surface area contributed by atoms with Gasteiger partial charge < -0.3 is 0 Å². The Bertz CT molecular complexity index is 233. The molecule has 0 aromatic heterocycles. The summed E-state index contributed by atoms with van der Waals surface area (Å²) in [4.78, 5) is 0. The van der Waals surface area contributed by atoms with Gasteiger partial charge in [-0.25, -0.2) is 0 Å². The van der Waals surface area contributed by atoms with Crippen LogP contribution in [0.3, 0.4) is 0 Å². The summed E-state index contributed by atoms with van der Waals surface area (Å²) in [6.45, 7) is 2.97. The van der Waals surface area contributed by atoms with E-state index in [0.29, 0.717) is 6.16 Å². The zero-order valence-corrected chi connectivity index (χ0v) is 7.93. The summed E-state index contributed by atoms with van der Waals surface area (Å²) < 4.78 is 43.2. The van der Waals surface area contributed by atoms with Gasteiger partial charge >= 0.3 is 18.2 Å². The van der Waals surface area contributed by atoms with Crippen molar-refractivity contribution in [3.8, 4) is 0 Å². The molecule has 2 unspecified atom stereocenters. The van der Waals surface area contributed by atoms with E-state index in [-0.39, 0.29) is 0 Å². The van der Waals surface area contributed by atoms with Crippen LogP contribution in [0.15, 0.2) is 0 Å². The van der Waals surface area contributed by atoms with Crippen LogP contribution >= 0.6 is 7.80 Å². The summed E-state index contributed by atoms with van der Waals surface area (Å²) in [5, 5.41) is 0. The van der Waals surface area contributed by atoms with E-state index in [4.69, 9.17) is 4.55 Å². The Labute approximate surface area is 66.5 Å². The van der Waals surface area contributed by atoms with Gasteiger partial charge in [0.15, 0.2) is 0 Å². The molecular formula is C4H10O5PS+. The fourth-order valence-corrected chi connectivity index (χ4v) is 2.06. The molecule has 0 aliphatic carbocycles. The molecule has 0 radical (unpaired) electrons. The average Bonchev–Trinajstić information content (AvgIpc) is 1.82. The van der Waals surface area contributed by atoms with E-state index in [9.17, 15) is 13.0 Å². The molecule has 2 atom stereocenters. The van der Waals surface area contributed by atoms with Crippen molar-refractivity contribution in [2.75, 3.05) is 6.16 Å². The molecule has 0 saturated heterocycles. The minimum absolute atomic E-state index is 0.325. The van der Waals surface area contributed by atoms with Crippen LogP contribution in [0.4, 0.5) is 0 Å². The molecule has 7 heteroatoms. The first kappa shape index (κ1) is 11.0. The summed E-state index contributed by atoms with van der Waals surface area (Å²) in [5.41, 5.74) is 0. The lowest BCUT2D eigenvalue weighted by Gasteiger charge is -1.97. The van der Waals surface area contributed by atoms with E-state index >= 15 is 0 Å². The van der Waals surface area contributed by atoms with E-state index in [0.717, 1.165) is 0 Å². The first-order valence-electron chi connectivity index (χ1n) is 2.96. The minimum Gasteiger partial charge on any atom is -0.263 e. The highest BCUT2D eigenvalue weighted by Crippen LogP contribution is 2.28. The largest absolute Gasteiger partial charge is 0.401 e. The Morgan fingerprint density at radius 1 is 1.64 bits per heavy atom. The zero-order chi connectivity index (χ0) is 9.07. The van der Waals surface area contributed by atoms with E-state index < -0.39 is 24.0 Å². The Morgan fingerprint density at radius 3 is 2.36 bits per heavy atom. The predicted octanol–water partition coefficient (Wildman–Crippen LogP) is 0.999. The maximum Gasteiger partial charge on any atom is 0.401 e. The molecule has 0 aromatic carbocycles. The fraction of sp³-hybridized carbons (Fsp3) is 1.00. The first-order valence-corrected chi connectivity index (χ1v) is 5.84. The molecule has 0 rings (SSSR count). The normalized spacial score (nSPS) is 16.1. The maximum atomic E-state index is 10.8. The quantitative estimate of drug-likeness (QED) is 0.542. The van der Waals surface area contributed by atoms with Gasteiger partial charge in [-0.2, -0.15) is 12.6 Å². The predicted molar refractivity (Wildman–Crippen MR) is 40.2 cm³/mol. The highest BCUT2D eigenvalue weighted by atomic mass is 32.3. The molecule has 0 aliphatic heterocycles. The minimum atomic E-state index is -4.46. The summed E-state index contributed by atoms with van der Waals surface area (Å²) in [6, 6.07) is 0. The van der Waals surface area contributed by atoms with Crippen molar-refractivity contribution in [1.29, 1.82) is 0 Å². The van der Waals surface area contributed by atoms with Crippen molar-refractivity contribution in [3.05, 3.63) is 0 Å². The van der Waals surface area contributed by atoms with Crippen LogP contribution in [0.25, 0.3) is 0 Å². The first-order chi connectivity index (χ1) is 4.87. The Morgan fingerprint density at radius 2 is 2.09 bits per heavy atom. The molecule has 0 bridgehead atoms. The average molecular weight is 201 g/mol. The third kappa shape index (κ3) is 5.26. The Balaban J connectivity index is 4.09. The molecule has 0 spiro atoms. The van der Waals surface area contributed by atoms with Crippen LogP contribution in [-0.2, 0) is 19.1 Å². The van der Waals surface area contributed by atoms with Gasteiger partial charge in [0.25, 0.3) is 5.85 Å². The summed E-state index contributed by atoms with van der Waals surface area (Å²) in [6.07, 6.45) is 0.325. The van der Waals surface area contributed by atoms with Crippen LogP contribution in [0.1, 0.15) is 13.8 Å². The standard InChI is InChI=1S/C4H9O5PS/c1-3-10(5)4(2)9-11(6,7)8/h4H,3H2,1-2H3/p+1. The molecule has 0 fully saturated rings. The van der Waals surface area contributed by atoms with Crippen molar-refractivity contribution in [1.82, 2.24) is 0 Å². The molecule has 1 N–H and O–H groups in total. The molecule has 0 heterocycles. The van der Waals surface area contributed by atoms with Crippen molar-refractivity contribution >= 4 is 18.2 Å². The van der Waals surface area contributed by atoms with E-state index in [2.05, 4.69) is 4.18 Å². The third-order valence-corrected chi connectivity index (χ3v) is 3.19. The Hall–Kier alpha value is -0.0300. The van der Waals surface area contributed by atoms with Crippen molar-refractivity contribution < 1.29 is 21.7 Å². The lowest BCUT2D eigenvalue weighted by atomic mass is 10.9. The summed E-state index contributed by atoms with van der Waals surface area (Å²) in [7, 11) is -6.18. The van der Waals surface area contributed by atoms with Gasteiger partial charge in [0.1, 0.15) is 6.16 Å². The topological polar surface area (TPSA) is 80.7 Å². The van der Waals surface area contributed by atoms with Gasteiger partial charge in [-0.15, -0.1) is 0 Å². The second-order valence-electron chi connectivity index (χ2n) is 1.86. The van der Waals surface area contributed by atoms with Gasteiger partial charge in [-0.05, 0) is 6.92 Å². The van der Waals surface area contributed by atoms with E-state index in [1.54, 1.807) is 6.92 Å². The zero-order valence-electron chi connectivity index (χ0n) is 6.22. The van der Waals surface area contributed by atoms with Crippen molar-refractivity contribution in [2.45, 2.75) is 19.7 Å². The number of hydrogen-bond acceptors (Lipinski definition) is 4. The number of hydrogen-bond donors (Lipinski definition) is 1. The van der Waals surface area contributed by atoms with Gasteiger partial charge in [0, 0.05) is 6.92 Å². The molecule has 5 nitrogen and oxygen atoms in total. The summed E-state index contributed by atoms with van der Waals surface area (Å²) >= 11 is 0. The third-order valence-electron chi connectivity index (χ3n) is 0.978. The second-order valence-corrected chi connectivity index (χ2v) is 5.10. The molecule has 66 valence electrons. The fourth-order valence-electron chi connectivity index (χ4n) is 0.481. The molecule has 0 amide bonds. The van der Waals surface area contributed by atoms with Crippen molar-refractivity contribution in [2.24, 2.45) is 0 Å². The lowest BCUT2D eigenvalue weighted by Crippen LogP contribution is -2.11. The highest BCUT2D eigenvalue weighted by molar-refractivity contribution is 7.81. The van der Waals surface area contributed by atoms with Gasteiger partial charge in [-0.1, -0.05) is 4.57 Å².